The fourth-order valence-corrected chi connectivity index (χ4v) is 3.50. The minimum Gasteiger partial charge on any atom is -0.340 e. The van der Waals surface area contributed by atoms with Crippen LogP contribution in [0.15, 0.2) is 42.5 Å². The molecule has 2 amide bonds. The molecule has 0 unspecified atom stereocenters. The third-order valence-electron chi connectivity index (χ3n) is 5.08. The molecular weight excluding hydrogens is 393 g/mol. The number of anilines is 1. The van der Waals surface area contributed by atoms with Gasteiger partial charge in [-0.3, -0.25) is 14.5 Å². The first-order valence-electron chi connectivity index (χ1n) is 9.71. The van der Waals surface area contributed by atoms with E-state index in [4.69, 9.17) is 11.6 Å². The zero-order valence-corrected chi connectivity index (χ0v) is 17.2. The Balaban J connectivity index is 1.40. The molecule has 0 spiro atoms. The van der Waals surface area contributed by atoms with Gasteiger partial charge in [0.2, 0.25) is 11.8 Å². The van der Waals surface area contributed by atoms with Crippen LogP contribution < -0.4 is 5.32 Å². The first-order valence-corrected chi connectivity index (χ1v) is 10.1. The van der Waals surface area contributed by atoms with Crippen molar-refractivity contribution >= 4 is 29.1 Å². The van der Waals surface area contributed by atoms with Crippen molar-refractivity contribution in [3.63, 3.8) is 0 Å². The number of aryl methyl sites for hydroxylation is 2. The van der Waals surface area contributed by atoms with E-state index in [0.717, 1.165) is 16.1 Å². The molecule has 0 aliphatic carbocycles. The van der Waals surface area contributed by atoms with Gasteiger partial charge in [0, 0.05) is 43.3 Å². The van der Waals surface area contributed by atoms with Crippen LogP contribution in [0.4, 0.5) is 10.1 Å². The summed E-state index contributed by atoms with van der Waals surface area (Å²) in [5.74, 6) is -0.362. The Morgan fingerprint density at radius 3 is 2.41 bits per heavy atom. The van der Waals surface area contributed by atoms with Crippen LogP contribution in [0.25, 0.3) is 0 Å². The third-order valence-corrected chi connectivity index (χ3v) is 5.49. The molecule has 154 valence electrons. The largest absolute Gasteiger partial charge is 0.340 e. The highest BCUT2D eigenvalue weighted by Gasteiger charge is 2.22. The van der Waals surface area contributed by atoms with Crippen molar-refractivity contribution in [2.45, 2.75) is 19.8 Å². The maximum atomic E-state index is 12.9. The number of hydrogen-bond donors (Lipinski definition) is 1. The van der Waals surface area contributed by atoms with Crippen LogP contribution in [0, 0.1) is 12.7 Å². The number of halogens is 2. The number of nitrogens with one attached hydrogen (secondary N) is 1. The van der Waals surface area contributed by atoms with Gasteiger partial charge in [-0.05, 0) is 54.8 Å². The number of piperazine rings is 1. The fraction of sp³-hybridized carbons (Fsp3) is 0.364. The van der Waals surface area contributed by atoms with Crippen LogP contribution in [0.2, 0.25) is 5.02 Å². The second kappa shape index (κ2) is 9.85. The predicted molar refractivity (Wildman–Crippen MR) is 113 cm³/mol. The summed E-state index contributed by atoms with van der Waals surface area (Å²) in [6, 6.07) is 11.6. The highest BCUT2D eigenvalue weighted by Crippen LogP contribution is 2.18. The van der Waals surface area contributed by atoms with Crippen LogP contribution in [-0.4, -0.2) is 54.3 Å². The number of carbonyl (C=O) groups excluding carboxylic acids is 2. The molecule has 5 nitrogen and oxygen atoms in total. The van der Waals surface area contributed by atoms with Gasteiger partial charge in [0.1, 0.15) is 5.82 Å². The highest BCUT2D eigenvalue weighted by atomic mass is 35.5. The number of rotatable bonds is 6. The molecule has 29 heavy (non-hydrogen) atoms. The second-order valence-corrected chi connectivity index (χ2v) is 7.70. The van der Waals surface area contributed by atoms with Gasteiger partial charge in [-0.15, -0.1) is 0 Å². The summed E-state index contributed by atoms with van der Waals surface area (Å²) in [4.78, 5) is 28.5. The maximum Gasteiger partial charge on any atom is 0.238 e. The molecule has 1 heterocycles. The Labute approximate surface area is 175 Å². The highest BCUT2D eigenvalue weighted by molar-refractivity contribution is 6.31. The number of benzene rings is 2. The number of amides is 2. The Morgan fingerprint density at radius 1 is 1.07 bits per heavy atom. The van der Waals surface area contributed by atoms with Crippen molar-refractivity contribution in [2.75, 3.05) is 38.0 Å². The summed E-state index contributed by atoms with van der Waals surface area (Å²) >= 11 is 6.14. The summed E-state index contributed by atoms with van der Waals surface area (Å²) in [6.07, 6.45) is 1.11. The Morgan fingerprint density at radius 2 is 1.76 bits per heavy atom. The molecule has 2 aromatic rings. The predicted octanol–water partition coefficient (Wildman–Crippen LogP) is 3.50. The van der Waals surface area contributed by atoms with Gasteiger partial charge in [-0.25, -0.2) is 4.39 Å². The van der Waals surface area contributed by atoms with Gasteiger partial charge in [-0.1, -0.05) is 23.7 Å². The van der Waals surface area contributed by atoms with Crippen molar-refractivity contribution < 1.29 is 14.0 Å². The monoisotopic (exact) mass is 417 g/mol. The quantitative estimate of drug-likeness (QED) is 0.782. The normalized spacial score (nSPS) is 14.7. The third kappa shape index (κ3) is 6.27. The molecule has 0 atom stereocenters. The van der Waals surface area contributed by atoms with Gasteiger partial charge >= 0.3 is 0 Å². The first kappa shape index (κ1) is 21.3. The summed E-state index contributed by atoms with van der Waals surface area (Å²) in [6.45, 7) is 4.73. The molecule has 1 aliphatic heterocycles. The molecule has 7 heteroatoms. The van der Waals surface area contributed by atoms with Crippen molar-refractivity contribution in [1.29, 1.82) is 0 Å². The van der Waals surface area contributed by atoms with E-state index in [-0.39, 0.29) is 24.2 Å². The molecule has 0 aromatic heterocycles. The molecule has 1 N–H and O–H groups in total. The molecule has 0 radical (unpaired) electrons. The van der Waals surface area contributed by atoms with Crippen LogP contribution in [0.3, 0.4) is 0 Å². The summed E-state index contributed by atoms with van der Waals surface area (Å²) in [7, 11) is 0. The number of carbonyl (C=O) groups is 2. The maximum absolute atomic E-state index is 12.9. The first-order chi connectivity index (χ1) is 13.9. The van der Waals surface area contributed by atoms with E-state index in [1.54, 1.807) is 0 Å². The minimum absolute atomic E-state index is 0.122. The topological polar surface area (TPSA) is 52.7 Å². The molecule has 0 bridgehead atoms. The lowest BCUT2D eigenvalue weighted by Gasteiger charge is -2.34. The molecule has 1 fully saturated rings. The van der Waals surface area contributed by atoms with Crippen LogP contribution >= 0.6 is 11.6 Å². The average Bonchev–Trinajstić information content (AvgIpc) is 2.71. The zero-order chi connectivity index (χ0) is 20.8. The molecular formula is C22H25ClFN3O2. The number of hydrogen-bond acceptors (Lipinski definition) is 3. The van der Waals surface area contributed by atoms with Crippen LogP contribution in [0.5, 0.6) is 0 Å². The lowest BCUT2D eigenvalue weighted by atomic mass is 10.1. The van der Waals surface area contributed by atoms with E-state index in [1.807, 2.05) is 34.9 Å². The molecule has 2 aromatic carbocycles. The van der Waals surface area contributed by atoms with Crippen molar-refractivity contribution in [3.8, 4) is 0 Å². The molecule has 3 rings (SSSR count). The molecule has 1 aliphatic rings. The molecule has 0 saturated carbocycles. The zero-order valence-electron chi connectivity index (χ0n) is 16.5. The van der Waals surface area contributed by atoms with Gasteiger partial charge in [0.05, 0.1) is 6.54 Å². The second-order valence-electron chi connectivity index (χ2n) is 7.30. The van der Waals surface area contributed by atoms with Crippen LogP contribution in [0.1, 0.15) is 17.5 Å². The molecule has 1 saturated heterocycles. The van der Waals surface area contributed by atoms with Crippen molar-refractivity contribution in [3.05, 3.63) is 64.4 Å². The van der Waals surface area contributed by atoms with Gasteiger partial charge < -0.3 is 10.2 Å². The van der Waals surface area contributed by atoms with E-state index in [2.05, 4.69) is 5.32 Å². The smallest absolute Gasteiger partial charge is 0.238 e. The Bertz CT molecular complexity index is 865. The Kier molecular flexibility index (Phi) is 7.23. The van der Waals surface area contributed by atoms with E-state index < -0.39 is 0 Å². The van der Waals surface area contributed by atoms with Crippen molar-refractivity contribution in [2.24, 2.45) is 0 Å². The van der Waals surface area contributed by atoms with Gasteiger partial charge in [0.25, 0.3) is 0 Å². The standard InChI is InChI=1S/C22H25ClFN3O2/c1-16-2-3-17(14-20(16)23)4-9-22(29)27-12-10-26(11-13-27)15-21(28)25-19-7-5-18(24)6-8-19/h2-3,5-8,14H,4,9-13,15H2,1H3,(H,25,28). The van der Waals surface area contributed by atoms with Gasteiger partial charge in [-0.2, -0.15) is 0 Å². The summed E-state index contributed by atoms with van der Waals surface area (Å²) in [5, 5.41) is 3.48. The fourth-order valence-electron chi connectivity index (χ4n) is 3.29. The number of nitrogens with zero attached hydrogens (tertiary/aromatic N) is 2. The Hall–Kier alpha value is -2.44. The van der Waals surface area contributed by atoms with E-state index >= 15 is 0 Å². The lowest BCUT2D eigenvalue weighted by molar-refractivity contribution is -0.133. The van der Waals surface area contributed by atoms with Crippen molar-refractivity contribution in [1.82, 2.24) is 9.80 Å². The van der Waals surface area contributed by atoms with Crippen LogP contribution in [-0.2, 0) is 16.0 Å². The summed E-state index contributed by atoms with van der Waals surface area (Å²) < 4.78 is 12.9. The van der Waals surface area contributed by atoms with E-state index in [9.17, 15) is 14.0 Å². The minimum atomic E-state index is -0.339. The lowest BCUT2D eigenvalue weighted by Crippen LogP contribution is -2.50. The van der Waals surface area contributed by atoms with E-state index in [1.165, 1.54) is 24.3 Å². The SMILES string of the molecule is Cc1ccc(CCC(=O)N2CCN(CC(=O)Nc3ccc(F)cc3)CC2)cc1Cl. The summed E-state index contributed by atoms with van der Waals surface area (Å²) in [5.41, 5.74) is 2.66. The van der Waals surface area contributed by atoms with E-state index in [0.29, 0.717) is 44.7 Å². The van der Waals surface area contributed by atoms with Gasteiger partial charge in [0.15, 0.2) is 0 Å². The average molecular weight is 418 g/mol.